The van der Waals surface area contributed by atoms with E-state index in [1.54, 1.807) is 12.1 Å². The van der Waals surface area contributed by atoms with Crippen LogP contribution < -0.4 is 16.4 Å². The summed E-state index contributed by atoms with van der Waals surface area (Å²) in [6.45, 7) is 3.65. The van der Waals surface area contributed by atoms with E-state index in [-0.39, 0.29) is 11.8 Å². The highest BCUT2D eigenvalue weighted by Gasteiger charge is 2.26. The molecule has 0 saturated heterocycles. The van der Waals surface area contributed by atoms with E-state index in [0.29, 0.717) is 44.5 Å². The first-order chi connectivity index (χ1) is 13.6. The zero-order chi connectivity index (χ0) is 20.2. The fraction of sp³-hybridized carbons (Fsp3) is 0.619. The van der Waals surface area contributed by atoms with Crippen LogP contribution in [0.3, 0.4) is 0 Å². The first-order valence-electron chi connectivity index (χ1n) is 10.1. The Labute approximate surface area is 167 Å². The monoisotopic (exact) mass is 391 g/mol. The minimum atomic E-state index is -0.405. The topological polar surface area (TPSA) is 103 Å². The second-order valence-corrected chi connectivity index (χ2v) is 7.15. The molecule has 0 aliphatic heterocycles. The number of amides is 2. The van der Waals surface area contributed by atoms with E-state index in [4.69, 9.17) is 15.2 Å². The van der Waals surface area contributed by atoms with Gasteiger partial charge >= 0.3 is 0 Å². The largest absolute Gasteiger partial charge is 0.378 e. The van der Waals surface area contributed by atoms with Gasteiger partial charge in [0, 0.05) is 24.6 Å². The molecule has 1 aliphatic rings. The first-order valence-corrected chi connectivity index (χ1v) is 10.1. The molecule has 0 aromatic heterocycles. The standard InChI is InChI=1S/C21H33N3O4/c1-23-10-12-27-14-15-28-13-11-24-21(26)19-8-4-17(5-9-19)16-2-6-18(7-3-16)20(22)25/h2-3,6-7,17,19,23H,4-5,8-15H2,1H3,(H2,22,25)(H,24,26). The molecular formula is C21H33N3O4. The fourth-order valence-corrected chi connectivity index (χ4v) is 3.50. The number of rotatable bonds is 12. The number of nitrogens with one attached hydrogen (secondary N) is 2. The molecule has 4 N–H and O–H groups in total. The molecule has 1 aliphatic carbocycles. The molecule has 156 valence electrons. The molecule has 2 rings (SSSR count). The molecule has 0 radical (unpaired) electrons. The molecular weight excluding hydrogens is 358 g/mol. The van der Waals surface area contributed by atoms with Gasteiger partial charge in [-0.05, 0) is 56.3 Å². The summed E-state index contributed by atoms with van der Waals surface area (Å²) in [6.07, 6.45) is 3.73. The van der Waals surface area contributed by atoms with Crippen LogP contribution >= 0.6 is 0 Å². The number of carbonyl (C=O) groups excluding carboxylic acids is 2. The quantitative estimate of drug-likeness (QED) is 0.468. The second kappa shape index (κ2) is 12.5. The second-order valence-electron chi connectivity index (χ2n) is 7.15. The lowest BCUT2D eigenvalue weighted by Gasteiger charge is -2.28. The Balaban J connectivity index is 1.58. The number of hydrogen-bond donors (Lipinski definition) is 3. The molecule has 1 aromatic carbocycles. The summed E-state index contributed by atoms with van der Waals surface area (Å²) in [5, 5.41) is 5.98. The van der Waals surface area contributed by atoms with Gasteiger partial charge in [-0.25, -0.2) is 0 Å². The van der Waals surface area contributed by atoms with Crippen LogP contribution in [0.25, 0.3) is 0 Å². The van der Waals surface area contributed by atoms with Crippen molar-refractivity contribution < 1.29 is 19.1 Å². The minimum Gasteiger partial charge on any atom is -0.378 e. The van der Waals surface area contributed by atoms with Crippen molar-refractivity contribution in [3.05, 3.63) is 35.4 Å². The van der Waals surface area contributed by atoms with Gasteiger partial charge in [0.25, 0.3) is 0 Å². The Bertz CT molecular complexity index is 598. The van der Waals surface area contributed by atoms with Gasteiger partial charge in [-0.15, -0.1) is 0 Å². The number of nitrogens with two attached hydrogens (primary N) is 1. The number of carbonyl (C=O) groups is 2. The van der Waals surface area contributed by atoms with Crippen LogP contribution in [-0.4, -0.2) is 58.4 Å². The molecule has 0 unspecified atom stereocenters. The van der Waals surface area contributed by atoms with Crippen molar-refractivity contribution in [2.75, 3.05) is 46.6 Å². The predicted octanol–water partition coefficient (Wildman–Crippen LogP) is 1.43. The average Bonchev–Trinajstić information content (AvgIpc) is 2.72. The first kappa shape index (κ1) is 22.3. The van der Waals surface area contributed by atoms with Crippen LogP contribution in [0.2, 0.25) is 0 Å². The van der Waals surface area contributed by atoms with Crippen LogP contribution in [0.1, 0.15) is 47.5 Å². The van der Waals surface area contributed by atoms with Gasteiger partial charge in [-0.3, -0.25) is 9.59 Å². The number of ether oxygens (including phenoxy) is 2. The van der Waals surface area contributed by atoms with E-state index < -0.39 is 5.91 Å². The van der Waals surface area contributed by atoms with Crippen LogP contribution in [-0.2, 0) is 14.3 Å². The van der Waals surface area contributed by atoms with Crippen molar-refractivity contribution in [3.8, 4) is 0 Å². The van der Waals surface area contributed by atoms with Gasteiger partial charge in [0.2, 0.25) is 11.8 Å². The average molecular weight is 392 g/mol. The normalized spacial score (nSPS) is 19.3. The number of primary amides is 1. The summed E-state index contributed by atoms with van der Waals surface area (Å²) < 4.78 is 10.8. The zero-order valence-corrected chi connectivity index (χ0v) is 16.7. The summed E-state index contributed by atoms with van der Waals surface area (Å²) in [4.78, 5) is 23.5. The van der Waals surface area contributed by atoms with E-state index in [1.807, 2.05) is 19.2 Å². The molecule has 7 heteroatoms. The fourth-order valence-electron chi connectivity index (χ4n) is 3.50. The summed E-state index contributed by atoms with van der Waals surface area (Å²) in [6, 6.07) is 7.51. The summed E-state index contributed by atoms with van der Waals surface area (Å²) in [5.74, 6) is 0.233. The van der Waals surface area contributed by atoms with E-state index in [1.165, 1.54) is 5.56 Å². The van der Waals surface area contributed by atoms with Crippen LogP contribution in [0, 0.1) is 5.92 Å². The van der Waals surface area contributed by atoms with E-state index >= 15 is 0 Å². The Morgan fingerprint density at radius 3 is 2.14 bits per heavy atom. The lowest BCUT2D eigenvalue weighted by atomic mass is 9.78. The molecule has 0 bridgehead atoms. The number of likely N-dealkylation sites (N-methyl/N-ethyl adjacent to an activating group) is 1. The minimum absolute atomic E-state index is 0.0750. The van der Waals surface area contributed by atoms with E-state index in [0.717, 1.165) is 32.2 Å². The van der Waals surface area contributed by atoms with Crippen molar-refractivity contribution in [3.63, 3.8) is 0 Å². The number of benzene rings is 1. The van der Waals surface area contributed by atoms with Crippen LogP contribution in [0.4, 0.5) is 0 Å². The smallest absolute Gasteiger partial charge is 0.248 e. The van der Waals surface area contributed by atoms with Crippen LogP contribution in [0.15, 0.2) is 24.3 Å². The summed E-state index contributed by atoms with van der Waals surface area (Å²) >= 11 is 0. The summed E-state index contributed by atoms with van der Waals surface area (Å²) in [7, 11) is 1.89. The van der Waals surface area contributed by atoms with Gasteiger partial charge in [-0.1, -0.05) is 12.1 Å². The highest BCUT2D eigenvalue weighted by Crippen LogP contribution is 2.35. The Kier molecular flexibility index (Phi) is 9.96. The van der Waals surface area contributed by atoms with Gasteiger partial charge in [0.15, 0.2) is 0 Å². The molecule has 0 heterocycles. The lowest BCUT2D eigenvalue weighted by molar-refractivity contribution is -0.126. The lowest BCUT2D eigenvalue weighted by Crippen LogP contribution is -2.35. The summed E-state index contributed by atoms with van der Waals surface area (Å²) in [5.41, 5.74) is 7.03. The Hall–Kier alpha value is -1.96. The van der Waals surface area contributed by atoms with E-state index in [2.05, 4.69) is 10.6 Å². The highest BCUT2D eigenvalue weighted by atomic mass is 16.5. The molecule has 1 saturated carbocycles. The Morgan fingerprint density at radius 2 is 1.57 bits per heavy atom. The highest BCUT2D eigenvalue weighted by molar-refractivity contribution is 5.92. The zero-order valence-electron chi connectivity index (χ0n) is 16.7. The Morgan fingerprint density at radius 1 is 0.964 bits per heavy atom. The van der Waals surface area contributed by atoms with Gasteiger partial charge in [-0.2, -0.15) is 0 Å². The molecule has 7 nitrogen and oxygen atoms in total. The third kappa shape index (κ3) is 7.58. The maximum Gasteiger partial charge on any atom is 0.248 e. The maximum absolute atomic E-state index is 12.3. The maximum atomic E-state index is 12.3. The van der Waals surface area contributed by atoms with Gasteiger partial charge < -0.3 is 25.8 Å². The van der Waals surface area contributed by atoms with Crippen LogP contribution in [0.5, 0.6) is 0 Å². The molecule has 1 aromatic rings. The third-order valence-electron chi connectivity index (χ3n) is 5.18. The van der Waals surface area contributed by atoms with Gasteiger partial charge in [0.05, 0.1) is 26.4 Å². The van der Waals surface area contributed by atoms with Crippen molar-refractivity contribution in [1.82, 2.24) is 10.6 Å². The SMILES string of the molecule is CNCCOCCOCCNC(=O)C1CCC(c2ccc(C(N)=O)cc2)CC1. The molecule has 28 heavy (non-hydrogen) atoms. The molecule has 1 fully saturated rings. The molecule has 2 amide bonds. The van der Waals surface area contributed by atoms with Gasteiger partial charge in [0.1, 0.15) is 0 Å². The van der Waals surface area contributed by atoms with Crippen molar-refractivity contribution in [2.24, 2.45) is 11.7 Å². The molecule has 0 atom stereocenters. The van der Waals surface area contributed by atoms with Crippen molar-refractivity contribution in [1.29, 1.82) is 0 Å². The van der Waals surface area contributed by atoms with E-state index in [9.17, 15) is 9.59 Å². The van der Waals surface area contributed by atoms with Crippen molar-refractivity contribution >= 4 is 11.8 Å². The molecule has 0 spiro atoms. The van der Waals surface area contributed by atoms with Crippen molar-refractivity contribution in [2.45, 2.75) is 31.6 Å². The predicted molar refractivity (Wildman–Crippen MR) is 108 cm³/mol. The third-order valence-corrected chi connectivity index (χ3v) is 5.18. The number of hydrogen-bond acceptors (Lipinski definition) is 5.